The van der Waals surface area contributed by atoms with Gasteiger partial charge >= 0.3 is 0 Å². The van der Waals surface area contributed by atoms with E-state index in [4.69, 9.17) is 5.73 Å². The molecule has 5 nitrogen and oxygen atoms in total. The Kier molecular flexibility index (Phi) is 3.61. The highest BCUT2D eigenvalue weighted by atomic mass is 15.3. The molecule has 1 aliphatic heterocycles. The van der Waals surface area contributed by atoms with E-state index in [9.17, 15) is 0 Å². The van der Waals surface area contributed by atoms with Crippen LogP contribution in [0.15, 0.2) is 18.5 Å². The van der Waals surface area contributed by atoms with Crippen LogP contribution in [-0.4, -0.2) is 33.7 Å². The first-order valence-corrected chi connectivity index (χ1v) is 7.51. The number of rotatable bonds is 3. The Hall–Kier alpha value is -1.62. The highest BCUT2D eigenvalue weighted by Gasteiger charge is 2.24. The van der Waals surface area contributed by atoms with E-state index in [-0.39, 0.29) is 0 Å². The molecular weight excluding hydrogens is 250 g/mol. The van der Waals surface area contributed by atoms with E-state index >= 15 is 0 Å². The lowest BCUT2D eigenvalue weighted by atomic mass is 10.0. The number of piperidine rings is 1. The van der Waals surface area contributed by atoms with Crippen LogP contribution in [0.25, 0.3) is 5.52 Å². The van der Waals surface area contributed by atoms with Crippen molar-refractivity contribution in [1.82, 2.24) is 14.6 Å². The molecule has 0 saturated carbocycles. The predicted molar refractivity (Wildman–Crippen MR) is 81.1 cm³/mol. The molecule has 1 saturated heterocycles. The van der Waals surface area contributed by atoms with Gasteiger partial charge < -0.3 is 10.6 Å². The van der Waals surface area contributed by atoms with E-state index in [1.165, 1.54) is 12.8 Å². The summed E-state index contributed by atoms with van der Waals surface area (Å²) in [5, 5.41) is 4.64. The van der Waals surface area contributed by atoms with Crippen molar-refractivity contribution in [3.63, 3.8) is 0 Å². The maximum Gasteiger partial charge on any atom is 0.154 e. The van der Waals surface area contributed by atoms with Crippen LogP contribution >= 0.6 is 0 Å². The monoisotopic (exact) mass is 273 g/mol. The number of nitrogens with two attached hydrogens (primary N) is 1. The molecule has 1 aliphatic rings. The molecule has 0 aromatic carbocycles. The van der Waals surface area contributed by atoms with E-state index in [2.05, 4.69) is 34.9 Å². The molecule has 1 fully saturated rings. The third kappa shape index (κ3) is 2.26. The summed E-state index contributed by atoms with van der Waals surface area (Å²) in [6.45, 7) is 6.06. The fourth-order valence-electron chi connectivity index (χ4n) is 2.96. The zero-order valence-corrected chi connectivity index (χ0v) is 12.3. The van der Waals surface area contributed by atoms with Gasteiger partial charge in [-0.3, -0.25) is 0 Å². The van der Waals surface area contributed by atoms with Crippen molar-refractivity contribution >= 4 is 11.3 Å². The molecule has 0 radical (unpaired) electrons. The highest BCUT2D eigenvalue weighted by Crippen LogP contribution is 2.27. The van der Waals surface area contributed by atoms with E-state index < -0.39 is 0 Å². The molecule has 1 atom stereocenters. The van der Waals surface area contributed by atoms with Crippen molar-refractivity contribution in [2.75, 3.05) is 18.0 Å². The molecular formula is C15H23N5. The van der Waals surface area contributed by atoms with Crippen molar-refractivity contribution in [2.45, 2.75) is 45.1 Å². The minimum absolute atomic E-state index is 0.403. The zero-order chi connectivity index (χ0) is 14.1. The third-order valence-corrected chi connectivity index (χ3v) is 4.15. The molecule has 108 valence electrons. The zero-order valence-electron chi connectivity index (χ0n) is 12.3. The molecule has 3 rings (SSSR count). The Labute approximate surface area is 119 Å². The van der Waals surface area contributed by atoms with Crippen LogP contribution in [0.3, 0.4) is 0 Å². The summed E-state index contributed by atoms with van der Waals surface area (Å²) >= 11 is 0. The summed E-state index contributed by atoms with van der Waals surface area (Å²) < 4.78 is 1.94. The molecule has 20 heavy (non-hydrogen) atoms. The van der Waals surface area contributed by atoms with Crippen molar-refractivity contribution in [3.05, 3.63) is 24.2 Å². The first-order valence-electron chi connectivity index (χ1n) is 7.51. The van der Waals surface area contributed by atoms with Gasteiger partial charge in [0.1, 0.15) is 5.52 Å². The van der Waals surface area contributed by atoms with Crippen molar-refractivity contribution in [2.24, 2.45) is 5.73 Å². The van der Waals surface area contributed by atoms with Crippen LogP contribution in [0.4, 0.5) is 5.82 Å². The van der Waals surface area contributed by atoms with Crippen molar-refractivity contribution in [1.29, 1.82) is 0 Å². The summed E-state index contributed by atoms with van der Waals surface area (Å²) in [4.78, 5) is 6.98. The lowest BCUT2D eigenvalue weighted by Crippen LogP contribution is -2.44. The summed E-state index contributed by atoms with van der Waals surface area (Å²) in [7, 11) is 0. The molecule has 1 unspecified atom stereocenters. The van der Waals surface area contributed by atoms with Crippen LogP contribution in [-0.2, 0) is 0 Å². The Balaban J connectivity index is 2.05. The van der Waals surface area contributed by atoms with Gasteiger partial charge in [-0.25, -0.2) is 9.50 Å². The minimum Gasteiger partial charge on any atom is -0.351 e. The fraction of sp³-hybridized carbons (Fsp3) is 0.600. The van der Waals surface area contributed by atoms with Gasteiger partial charge in [0.2, 0.25) is 0 Å². The van der Waals surface area contributed by atoms with Crippen LogP contribution in [0.5, 0.6) is 0 Å². The lowest BCUT2D eigenvalue weighted by molar-refractivity contribution is 0.462. The highest BCUT2D eigenvalue weighted by molar-refractivity contribution is 5.69. The minimum atomic E-state index is 0.403. The Morgan fingerprint density at radius 2 is 2.25 bits per heavy atom. The summed E-state index contributed by atoms with van der Waals surface area (Å²) in [5.41, 5.74) is 8.14. The second-order valence-corrected chi connectivity index (χ2v) is 5.88. The number of fused-ring (bicyclic) bond motifs is 1. The maximum atomic E-state index is 5.94. The van der Waals surface area contributed by atoms with Crippen molar-refractivity contribution in [3.8, 4) is 0 Å². The van der Waals surface area contributed by atoms with Gasteiger partial charge in [-0.05, 0) is 31.2 Å². The summed E-state index contributed by atoms with van der Waals surface area (Å²) in [6, 6.07) is 2.56. The number of nitrogens with zero attached hydrogens (tertiary/aromatic N) is 4. The number of hydrogen-bond acceptors (Lipinski definition) is 4. The Bertz CT molecular complexity index is 589. The van der Waals surface area contributed by atoms with Crippen LogP contribution in [0, 0.1) is 0 Å². The van der Waals surface area contributed by atoms with E-state index in [1.807, 2.05) is 16.9 Å². The maximum absolute atomic E-state index is 5.94. The van der Waals surface area contributed by atoms with Crippen LogP contribution in [0.2, 0.25) is 0 Å². The second-order valence-electron chi connectivity index (χ2n) is 5.88. The van der Waals surface area contributed by atoms with Gasteiger partial charge in [0.15, 0.2) is 5.82 Å². The topological polar surface area (TPSA) is 59.5 Å². The molecule has 2 N–H and O–H groups in total. The number of hydrogen-bond donors (Lipinski definition) is 1. The average molecular weight is 273 g/mol. The first-order chi connectivity index (χ1) is 9.70. The first kappa shape index (κ1) is 13.4. The van der Waals surface area contributed by atoms with Gasteiger partial charge in [-0.15, -0.1) is 0 Å². The predicted octanol–water partition coefficient (Wildman–Crippen LogP) is 2.17. The number of anilines is 1. The quantitative estimate of drug-likeness (QED) is 0.931. The van der Waals surface area contributed by atoms with E-state index in [1.54, 1.807) is 0 Å². The van der Waals surface area contributed by atoms with E-state index in [0.717, 1.165) is 30.0 Å². The molecule has 2 aromatic heterocycles. The molecule has 5 heteroatoms. The van der Waals surface area contributed by atoms with Gasteiger partial charge in [0, 0.05) is 31.5 Å². The van der Waals surface area contributed by atoms with Gasteiger partial charge in [-0.1, -0.05) is 13.8 Å². The fourth-order valence-corrected chi connectivity index (χ4v) is 2.96. The summed E-state index contributed by atoms with van der Waals surface area (Å²) in [6.07, 6.45) is 7.39. The molecule has 0 bridgehead atoms. The van der Waals surface area contributed by atoms with Crippen molar-refractivity contribution < 1.29 is 0 Å². The Morgan fingerprint density at radius 3 is 3.00 bits per heavy atom. The average Bonchev–Trinajstić information content (AvgIpc) is 2.91. The third-order valence-electron chi connectivity index (χ3n) is 4.15. The second kappa shape index (κ2) is 5.40. The largest absolute Gasteiger partial charge is 0.351 e. The molecule has 0 aliphatic carbocycles. The normalized spacial score (nSPS) is 20.0. The van der Waals surface area contributed by atoms with Crippen LogP contribution in [0.1, 0.15) is 44.7 Å². The van der Waals surface area contributed by atoms with E-state index in [0.29, 0.717) is 18.5 Å². The van der Waals surface area contributed by atoms with Gasteiger partial charge in [0.25, 0.3) is 0 Å². The molecule has 3 heterocycles. The number of aromatic nitrogens is 3. The smallest absolute Gasteiger partial charge is 0.154 e. The lowest BCUT2D eigenvalue weighted by Gasteiger charge is -2.36. The molecule has 0 spiro atoms. The molecule has 2 aromatic rings. The molecule has 0 amide bonds. The van der Waals surface area contributed by atoms with Gasteiger partial charge in [-0.2, -0.15) is 5.10 Å². The Morgan fingerprint density at radius 1 is 1.40 bits per heavy atom. The van der Waals surface area contributed by atoms with Crippen LogP contribution < -0.4 is 10.6 Å². The standard InChI is InChI=1S/C15H23N5/c1-11(2)13-9-14-15(17-6-8-20(14)18-13)19-7-4-3-5-12(19)10-16/h6,8-9,11-12H,3-5,7,10,16H2,1-2H3. The summed E-state index contributed by atoms with van der Waals surface area (Å²) in [5.74, 6) is 1.46. The SMILES string of the molecule is CC(C)c1cc2c(N3CCCCC3CN)nccn2n1. The van der Waals surface area contributed by atoms with Gasteiger partial charge in [0.05, 0.1) is 5.69 Å².